The van der Waals surface area contributed by atoms with Crippen LogP contribution >= 0.6 is 0 Å². The van der Waals surface area contributed by atoms with Gasteiger partial charge in [0.05, 0.1) is 29.2 Å². The Morgan fingerprint density at radius 3 is 2.52 bits per heavy atom. The van der Waals surface area contributed by atoms with E-state index in [9.17, 15) is 16.8 Å². The Morgan fingerprint density at radius 1 is 1.20 bits per heavy atom. The topological polar surface area (TPSA) is 84.7 Å². The van der Waals surface area contributed by atoms with Gasteiger partial charge in [0, 0.05) is 6.04 Å². The molecular formula is C17H21NO5S2. The van der Waals surface area contributed by atoms with Gasteiger partial charge in [-0.15, -0.1) is 0 Å². The molecule has 0 saturated carbocycles. The lowest BCUT2D eigenvalue weighted by Crippen LogP contribution is -2.40. The van der Waals surface area contributed by atoms with Gasteiger partial charge in [-0.05, 0) is 55.7 Å². The molecule has 136 valence electrons. The predicted octanol–water partition coefficient (Wildman–Crippen LogP) is 2.27. The Morgan fingerprint density at radius 2 is 1.96 bits per heavy atom. The van der Waals surface area contributed by atoms with Gasteiger partial charge in [0.2, 0.25) is 10.0 Å². The van der Waals surface area contributed by atoms with Gasteiger partial charge < -0.3 is 4.42 Å². The third-order valence-electron chi connectivity index (χ3n) is 4.59. The molecule has 8 heteroatoms. The van der Waals surface area contributed by atoms with Crippen molar-refractivity contribution in [2.24, 2.45) is 0 Å². The van der Waals surface area contributed by atoms with Crippen LogP contribution in [0.2, 0.25) is 0 Å². The molecule has 1 atom stereocenters. The molecule has 25 heavy (non-hydrogen) atoms. The van der Waals surface area contributed by atoms with E-state index in [1.165, 1.54) is 10.6 Å². The summed E-state index contributed by atoms with van der Waals surface area (Å²) in [6.45, 7) is 3.78. The number of benzene rings is 1. The molecule has 3 rings (SSSR count). The minimum absolute atomic E-state index is 0.00870. The van der Waals surface area contributed by atoms with Crippen LogP contribution in [0.5, 0.6) is 0 Å². The second kappa shape index (κ2) is 6.59. The van der Waals surface area contributed by atoms with E-state index in [0.717, 1.165) is 11.1 Å². The Balaban J connectivity index is 2.01. The van der Waals surface area contributed by atoms with Crippen LogP contribution in [0.25, 0.3) is 0 Å². The molecule has 6 nitrogen and oxygen atoms in total. The highest BCUT2D eigenvalue weighted by atomic mass is 32.2. The normalized spacial score (nSPS) is 20.2. The molecule has 1 aliphatic heterocycles. The first-order chi connectivity index (χ1) is 11.7. The van der Waals surface area contributed by atoms with E-state index in [2.05, 4.69) is 0 Å². The van der Waals surface area contributed by atoms with Gasteiger partial charge in [-0.1, -0.05) is 6.07 Å². The van der Waals surface area contributed by atoms with Gasteiger partial charge in [0.15, 0.2) is 9.84 Å². The van der Waals surface area contributed by atoms with Crippen LogP contribution in [-0.4, -0.2) is 38.7 Å². The molecular weight excluding hydrogens is 362 g/mol. The van der Waals surface area contributed by atoms with Gasteiger partial charge in [-0.25, -0.2) is 16.8 Å². The van der Waals surface area contributed by atoms with Crippen molar-refractivity contribution in [3.8, 4) is 0 Å². The van der Waals surface area contributed by atoms with E-state index in [1.54, 1.807) is 30.3 Å². The first-order valence-electron chi connectivity index (χ1n) is 8.01. The lowest BCUT2D eigenvalue weighted by molar-refractivity contribution is 0.307. The van der Waals surface area contributed by atoms with Crippen LogP contribution in [0.4, 0.5) is 0 Å². The summed E-state index contributed by atoms with van der Waals surface area (Å²) >= 11 is 0. The molecule has 0 N–H and O–H groups in total. The summed E-state index contributed by atoms with van der Waals surface area (Å²) < 4.78 is 56.7. The maximum Gasteiger partial charge on any atom is 0.243 e. The summed E-state index contributed by atoms with van der Waals surface area (Å²) in [5.41, 5.74) is 1.87. The standard InChI is InChI=1S/C17H21NO5S2/c1-13-5-6-17(10-14(13)2)25(21,22)18(11-16-4-3-8-23-16)15-7-9-24(19,20)12-15/h3-6,8,10,15H,7,9,11-12H2,1-2H3/t15-/m0/s1. The van der Waals surface area contributed by atoms with E-state index in [0.29, 0.717) is 12.2 Å². The molecule has 1 fully saturated rings. The molecule has 2 heterocycles. The number of sulfonamides is 1. The minimum atomic E-state index is -3.84. The van der Waals surface area contributed by atoms with Crippen LogP contribution in [0.3, 0.4) is 0 Å². The van der Waals surface area contributed by atoms with Gasteiger partial charge in [-0.2, -0.15) is 4.31 Å². The second-order valence-electron chi connectivity index (χ2n) is 6.43. The van der Waals surface area contributed by atoms with E-state index in [1.807, 2.05) is 13.8 Å². The Bertz CT molecular complexity index is 962. The second-order valence-corrected chi connectivity index (χ2v) is 10.6. The molecule has 2 aromatic rings. The average Bonchev–Trinajstić information content (AvgIpc) is 3.16. The molecule has 1 aliphatic rings. The molecule has 0 radical (unpaired) electrons. The van der Waals surface area contributed by atoms with Crippen molar-refractivity contribution in [2.45, 2.75) is 37.8 Å². The van der Waals surface area contributed by atoms with Crippen molar-refractivity contribution in [2.75, 3.05) is 11.5 Å². The third-order valence-corrected chi connectivity index (χ3v) is 8.24. The SMILES string of the molecule is Cc1ccc(S(=O)(=O)N(Cc2ccco2)[C@H]2CCS(=O)(=O)C2)cc1C. The van der Waals surface area contributed by atoms with Crippen LogP contribution in [0.15, 0.2) is 45.9 Å². The van der Waals surface area contributed by atoms with Crippen molar-refractivity contribution in [1.29, 1.82) is 0 Å². The maximum atomic E-state index is 13.2. The number of furan rings is 1. The van der Waals surface area contributed by atoms with Crippen molar-refractivity contribution in [3.63, 3.8) is 0 Å². The lowest BCUT2D eigenvalue weighted by Gasteiger charge is -2.26. The van der Waals surface area contributed by atoms with Crippen LogP contribution in [0, 0.1) is 13.8 Å². The molecule has 1 saturated heterocycles. The van der Waals surface area contributed by atoms with Crippen LogP contribution in [0.1, 0.15) is 23.3 Å². The summed E-state index contributed by atoms with van der Waals surface area (Å²) in [6, 6.07) is 7.74. The number of hydrogen-bond acceptors (Lipinski definition) is 5. The van der Waals surface area contributed by atoms with Gasteiger partial charge >= 0.3 is 0 Å². The quantitative estimate of drug-likeness (QED) is 0.791. The molecule has 0 aliphatic carbocycles. The zero-order valence-electron chi connectivity index (χ0n) is 14.2. The summed E-state index contributed by atoms with van der Waals surface area (Å²) in [6.07, 6.45) is 1.77. The number of sulfone groups is 1. The first kappa shape index (κ1) is 18.2. The van der Waals surface area contributed by atoms with Gasteiger partial charge in [0.25, 0.3) is 0 Å². The lowest BCUT2D eigenvalue weighted by atomic mass is 10.1. The molecule has 1 aromatic carbocycles. The Kier molecular flexibility index (Phi) is 4.78. The number of rotatable bonds is 5. The van der Waals surface area contributed by atoms with Crippen molar-refractivity contribution < 1.29 is 21.3 Å². The highest BCUT2D eigenvalue weighted by Crippen LogP contribution is 2.28. The fourth-order valence-corrected chi connectivity index (χ4v) is 6.51. The molecule has 0 amide bonds. The smallest absolute Gasteiger partial charge is 0.243 e. The minimum Gasteiger partial charge on any atom is -0.468 e. The zero-order chi connectivity index (χ0) is 18.2. The van der Waals surface area contributed by atoms with Crippen molar-refractivity contribution >= 4 is 19.9 Å². The van der Waals surface area contributed by atoms with E-state index < -0.39 is 25.9 Å². The molecule has 0 unspecified atom stereocenters. The first-order valence-corrected chi connectivity index (χ1v) is 11.3. The largest absolute Gasteiger partial charge is 0.468 e. The Hall–Kier alpha value is -1.64. The molecule has 0 spiro atoms. The molecule has 1 aromatic heterocycles. The van der Waals surface area contributed by atoms with Crippen LogP contribution < -0.4 is 0 Å². The zero-order valence-corrected chi connectivity index (χ0v) is 15.8. The van der Waals surface area contributed by atoms with E-state index in [-0.39, 0.29) is 22.9 Å². The van der Waals surface area contributed by atoms with Gasteiger partial charge in [-0.3, -0.25) is 0 Å². The maximum absolute atomic E-state index is 13.2. The third kappa shape index (κ3) is 3.80. The number of hydrogen-bond donors (Lipinski definition) is 0. The number of nitrogens with zero attached hydrogens (tertiary/aromatic N) is 1. The summed E-state index contributed by atoms with van der Waals surface area (Å²) in [4.78, 5) is 0.173. The van der Waals surface area contributed by atoms with Crippen molar-refractivity contribution in [3.05, 3.63) is 53.5 Å². The monoisotopic (exact) mass is 383 g/mol. The van der Waals surface area contributed by atoms with Crippen molar-refractivity contribution in [1.82, 2.24) is 4.31 Å². The fourth-order valence-electron chi connectivity index (χ4n) is 2.98. The average molecular weight is 383 g/mol. The number of aryl methyl sites for hydroxylation is 2. The van der Waals surface area contributed by atoms with E-state index >= 15 is 0 Å². The summed E-state index contributed by atoms with van der Waals surface area (Å²) in [5, 5.41) is 0. The van der Waals surface area contributed by atoms with Crippen LogP contribution in [-0.2, 0) is 26.4 Å². The highest BCUT2D eigenvalue weighted by molar-refractivity contribution is 7.92. The summed E-state index contributed by atoms with van der Waals surface area (Å²) in [5.74, 6) is 0.337. The van der Waals surface area contributed by atoms with E-state index in [4.69, 9.17) is 4.42 Å². The summed E-state index contributed by atoms with van der Waals surface area (Å²) in [7, 11) is -7.05. The Labute approximate surface area is 148 Å². The molecule has 0 bridgehead atoms. The predicted molar refractivity (Wildman–Crippen MR) is 94.4 cm³/mol. The highest BCUT2D eigenvalue weighted by Gasteiger charge is 2.39. The fraction of sp³-hybridized carbons (Fsp3) is 0.412. The van der Waals surface area contributed by atoms with Gasteiger partial charge in [0.1, 0.15) is 5.76 Å².